The van der Waals surface area contributed by atoms with Crippen LogP contribution >= 0.6 is 38.9 Å². The van der Waals surface area contributed by atoms with Gasteiger partial charge in [0.25, 0.3) is 0 Å². The Balaban J connectivity index is 2.08. The Morgan fingerprint density at radius 2 is 2.22 bits per heavy atom. The minimum atomic E-state index is 0.0745. The van der Waals surface area contributed by atoms with E-state index in [1.54, 1.807) is 11.3 Å². The maximum atomic E-state index is 6.24. The van der Waals surface area contributed by atoms with Gasteiger partial charge in [0.1, 0.15) is 0 Å². The van der Waals surface area contributed by atoms with E-state index in [9.17, 15) is 0 Å². The van der Waals surface area contributed by atoms with Crippen molar-refractivity contribution in [1.29, 1.82) is 0 Å². The van der Waals surface area contributed by atoms with E-state index in [1.807, 2.05) is 18.2 Å². The largest absolute Gasteiger partial charge is 0.271 e. The predicted molar refractivity (Wildman–Crippen MR) is 81.9 cm³/mol. The van der Waals surface area contributed by atoms with Crippen LogP contribution < -0.4 is 11.3 Å². The van der Waals surface area contributed by atoms with Crippen molar-refractivity contribution in [3.63, 3.8) is 0 Å². The van der Waals surface area contributed by atoms with Crippen molar-refractivity contribution < 1.29 is 0 Å². The first-order valence-electron chi connectivity index (χ1n) is 5.63. The van der Waals surface area contributed by atoms with Crippen LogP contribution in [0.4, 0.5) is 0 Å². The number of nitrogens with two attached hydrogens (primary N) is 1. The van der Waals surface area contributed by atoms with Crippen LogP contribution in [0.3, 0.4) is 0 Å². The summed E-state index contributed by atoms with van der Waals surface area (Å²) in [7, 11) is 0. The van der Waals surface area contributed by atoms with Gasteiger partial charge in [0, 0.05) is 15.5 Å². The zero-order valence-electron chi connectivity index (χ0n) is 9.70. The molecule has 1 aromatic heterocycles. The second-order valence-corrected chi connectivity index (χ2v) is 6.16. The molecule has 2 nitrogen and oxygen atoms in total. The summed E-state index contributed by atoms with van der Waals surface area (Å²) < 4.78 is 0.977. The SMILES string of the molecule is NNC(CCc1ccsc1)c1ccc(Br)cc1Cl. The van der Waals surface area contributed by atoms with Gasteiger partial charge in [-0.05, 0) is 52.9 Å². The highest BCUT2D eigenvalue weighted by Crippen LogP contribution is 2.28. The molecule has 0 saturated heterocycles. The van der Waals surface area contributed by atoms with Gasteiger partial charge in [-0.2, -0.15) is 11.3 Å². The molecule has 0 spiro atoms. The summed E-state index contributed by atoms with van der Waals surface area (Å²) in [6.07, 6.45) is 1.92. The Kier molecular flexibility index (Phi) is 5.21. The van der Waals surface area contributed by atoms with Gasteiger partial charge in [-0.15, -0.1) is 0 Å². The van der Waals surface area contributed by atoms with E-state index in [0.29, 0.717) is 0 Å². The maximum absolute atomic E-state index is 6.24. The third-order valence-electron chi connectivity index (χ3n) is 2.84. The maximum Gasteiger partial charge on any atom is 0.0477 e. The van der Waals surface area contributed by atoms with Gasteiger partial charge in [0.2, 0.25) is 0 Å². The molecule has 0 aliphatic carbocycles. The van der Waals surface area contributed by atoms with Gasteiger partial charge in [0.05, 0.1) is 0 Å². The summed E-state index contributed by atoms with van der Waals surface area (Å²) in [6.45, 7) is 0. The Morgan fingerprint density at radius 1 is 1.39 bits per heavy atom. The number of benzene rings is 1. The number of rotatable bonds is 5. The number of hydrazine groups is 1. The number of thiophene rings is 1. The third-order valence-corrected chi connectivity index (χ3v) is 4.39. The highest BCUT2D eigenvalue weighted by Gasteiger charge is 2.13. The van der Waals surface area contributed by atoms with E-state index in [1.165, 1.54) is 5.56 Å². The first-order valence-corrected chi connectivity index (χ1v) is 7.74. The van der Waals surface area contributed by atoms with Gasteiger partial charge < -0.3 is 0 Å². The molecule has 1 unspecified atom stereocenters. The molecule has 0 aliphatic heterocycles. The van der Waals surface area contributed by atoms with E-state index >= 15 is 0 Å². The normalized spacial score (nSPS) is 12.6. The number of halogens is 2. The van der Waals surface area contributed by atoms with Crippen LogP contribution in [0.15, 0.2) is 39.5 Å². The minimum Gasteiger partial charge on any atom is -0.271 e. The zero-order valence-corrected chi connectivity index (χ0v) is 12.9. The van der Waals surface area contributed by atoms with Gasteiger partial charge in [-0.25, -0.2) is 0 Å². The first-order chi connectivity index (χ1) is 8.70. The molecule has 5 heteroatoms. The molecule has 3 N–H and O–H groups in total. The number of hydrogen-bond acceptors (Lipinski definition) is 3. The summed E-state index contributed by atoms with van der Waals surface area (Å²) >= 11 is 11.4. The Labute approximate surface area is 124 Å². The number of hydrogen-bond donors (Lipinski definition) is 2. The van der Waals surface area contributed by atoms with E-state index in [-0.39, 0.29) is 6.04 Å². The summed E-state index contributed by atoms with van der Waals surface area (Å²) in [5.74, 6) is 5.63. The monoisotopic (exact) mass is 344 g/mol. The molecular weight excluding hydrogens is 332 g/mol. The second kappa shape index (κ2) is 6.68. The summed E-state index contributed by atoms with van der Waals surface area (Å²) in [6, 6.07) is 8.10. The molecule has 2 aromatic rings. The molecular formula is C13H14BrClN2S. The van der Waals surface area contributed by atoms with Crippen molar-refractivity contribution in [3.8, 4) is 0 Å². The molecule has 18 heavy (non-hydrogen) atoms. The molecule has 0 aliphatic rings. The molecule has 0 saturated carbocycles. The van der Waals surface area contributed by atoms with Gasteiger partial charge >= 0.3 is 0 Å². The van der Waals surface area contributed by atoms with E-state index in [4.69, 9.17) is 17.4 Å². The lowest BCUT2D eigenvalue weighted by molar-refractivity contribution is 0.517. The molecule has 0 radical (unpaired) electrons. The van der Waals surface area contributed by atoms with Crippen molar-refractivity contribution in [2.45, 2.75) is 18.9 Å². The molecule has 1 aromatic carbocycles. The third kappa shape index (κ3) is 3.56. The van der Waals surface area contributed by atoms with Gasteiger partial charge in [0.15, 0.2) is 0 Å². The molecule has 96 valence electrons. The lowest BCUT2D eigenvalue weighted by atomic mass is 10.0. The van der Waals surface area contributed by atoms with E-state index < -0.39 is 0 Å². The highest BCUT2D eigenvalue weighted by molar-refractivity contribution is 9.10. The molecule has 0 fully saturated rings. The zero-order chi connectivity index (χ0) is 13.0. The van der Waals surface area contributed by atoms with Crippen molar-refractivity contribution in [2.24, 2.45) is 5.84 Å². The average Bonchev–Trinajstić information content (AvgIpc) is 2.85. The van der Waals surface area contributed by atoms with Crippen molar-refractivity contribution in [1.82, 2.24) is 5.43 Å². The summed E-state index contributed by atoms with van der Waals surface area (Å²) in [5.41, 5.74) is 5.23. The molecule has 0 amide bonds. The average molecular weight is 346 g/mol. The Hall–Kier alpha value is -0.390. The highest BCUT2D eigenvalue weighted by atomic mass is 79.9. The lowest BCUT2D eigenvalue weighted by Gasteiger charge is -2.17. The van der Waals surface area contributed by atoms with Crippen LogP contribution in [0, 0.1) is 0 Å². The summed E-state index contributed by atoms with van der Waals surface area (Å²) in [5, 5.41) is 4.99. The Morgan fingerprint density at radius 3 is 2.83 bits per heavy atom. The smallest absolute Gasteiger partial charge is 0.0477 e. The van der Waals surface area contributed by atoms with Gasteiger partial charge in [-0.1, -0.05) is 33.6 Å². The van der Waals surface area contributed by atoms with Crippen molar-refractivity contribution in [3.05, 3.63) is 55.6 Å². The topological polar surface area (TPSA) is 38.0 Å². The molecule has 1 heterocycles. The molecule has 2 rings (SSSR count). The van der Waals surface area contributed by atoms with Crippen molar-refractivity contribution in [2.75, 3.05) is 0 Å². The number of aryl methyl sites for hydroxylation is 1. The van der Waals surface area contributed by atoms with Crippen LogP contribution in [-0.4, -0.2) is 0 Å². The van der Waals surface area contributed by atoms with Crippen molar-refractivity contribution >= 4 is 38.9 Å². The summed E-state index contributed by atoms with van der Waals surface area (Å²) in [4.78, 5) is 0. The lowest BCUT2D eigenvalue weighted by Crippen LogP contribution is -2.28. The minimum absolute atomic E-state index is 0.0745. The molecule has 0 bridgehead atoms. The van der Waals surface area contributed by atoms with Crippen LogP contribution in [0.25, 0.3) is 0 Å². The standard InChI is InChI=1S/C13H14BrClN2S/c14-10-2-3-11(12(15)7-10)13(17-16)4-1-9-5-6-18-8-9/h2-3,5-8,13,17H,1,4,16H2. The Bertz CT molecular complexity index is 502. The van der Waals surface area contributed by atoms with Gasteiger partial charge in [-0.3, -0.25) is 11.3 Å². The van der Waals surface area contributed by atoms with Crippen LogP contribution in [-0.2, 0) is 6.42 Å². The van der Waals surface area contributed by atoms with E-state index in [0.717, 1.165) is 27.9 Å². The quantitative estimate of drug-likeness (QED) is 0.626. The predicted octanol–water partition coefficient (Wildman–Crippen LogP) is 4.30. The fraction of sp³-hybridized carbons (Fsp3) is 0.231. The fourth-order valence-electron chi connectivity index (χ4n) is 1.86. The second-order valence-electron chi connectivity index (χ2n) is 4.06. The van der Waals surface area contributed by atoms with E-state index in [2.05, 4.69) is 38.2 Å². The number of nitrogens with one attached hydrogen (secondary N) is 1. The van der Waals surface area contributed by atoms with Crippen LogP contribution in [0.2, 0.25) is 5.02 Å². The fourth-order valence-corrected chi connectivity index (χ4v) is 3.37. The molecule has 1 atom stereocenters. The van der Waals surface area contributed by atoms with Crippen LogP contribution in [0.1, 0.15) is 23.6 Å². The first kappa shape index (κ1) is 14.0. The van der Waals surface area contributed by atoms with Crippen LogP contribution in [0.5, 0.6) is 0 Å².